The van der Waals surface area contributed by atoms with Crippen LogP contribution in [-0.2, 0) is 4.74 Å². The molecule has 4 heteroatoms. The summed E-state index contributed by atoms with van der Waals surface area (Å²) in [6.07, 6.45) is 1.57. The van der Waals surface area contributed by atoms with Crippen LogP contribution in [0, 0.1) is 0 Å². The number of hydrogen-bond acceptors (Lipinski definition) is 4. The van der Waals surface area contributed by atoms with E-state index >= 15 is 0 Å². The van der Waals surface area contributed by atoms with Gasteiger partial charge in [0.1, 0.15) is 12.3 Å². The fourth-order valence-electron chi connectivity index (χ4n) is 2.16. The molecule has 3 aromatic rings. The van der Waals surface area contributed by atoms with Crippen molar-refractivity contribution in [1.29, 1.82) is 0 Å². The van der Waals surface area contributed by atoms with Gasteiger partial charge in [-0.05, 0) is 36.8 Å². The molecule has 0 aliphatic rings. The number of furan rings is 1. The lowest BCUT2D eigenvalue weighted by Crippen LogP contribution is -2.08. The van der Waals surface area contributed by atoms with E-state index < -0.39 is 5.97 Å². The lowest BCUT2D eigenvalue weighted by Gasteiger charge is -2.09. The number of aromatic nitrogens is 1. The zero-order valence-electron chi connectivity index (χ0n) is 12.2. The first-order valence-electron chi connectivity index (χ1n) is 6.90. The van der Waals surface area contributed by atoms with Gasteiger partial charge in [-0.2, -0.15) is 0 Å². The number of nitrogens with zero attached hydrogens (tertiary/aromatic N) is 1. The lowest BCUT2D eigenvalue weighted by atomic mass is 10.1. The number of ether oxygens (including phenoxy) is 1. The average molecular weight is 293 g/mol. The fourth-order valence-corrected chi connectivity index (χ4v) is 2.16. The smallest absolute Gasteiger partial charge is 0.339 e. The molecule has 0 unspecified atom stereocenters. The summed E-state index contributed by atoms with van der Waals surface area (Å²) in [5.41, 5.74) is 2.58. The van der Waals surface area contributed by atoms with Gasteiger partial charge >= 0.3 is 5.97 Å². The van der Waals surface area contributed by atoms with Gasteiger partial charge < -0.3 is 9.15 Å². The number of para-hydroxylation sites is 1. The van der Waals surface area contributed by atoms with Gasteiger partial charge in [0.25, 0.3) is 0 Å². The molecule has 4 nitrogen and oxygen atoms in total. The number of rotatable bonds is 4. The van der Waals surface area contributed by atoms with Crippen molar-refractivity contribution in [1.82, 2.24) is 4.98 Å². The third-order valence-electron chi connectivity index (χ3n) is 3.16. The van der Waals surface area contributed by atoms with Gasteiger partial charge in [-0.1, -0.05) is 24.8 Å². The normalized spacial score (nSPS) is 10.6. The van der Waals surface area contributed by atoms with E-state index in [0.717, 1.165) is 16.5 Å². The Balaban J connectivity index is 2.10. The number of fused-ring (bicyclic) bond motifs is 1. The van der Waals surface area contributed by atoms with Crippen molar-refractivity contribution in [3.05, 3.63) is 66.4 Å². The molecule has 0 aliphatic carbocycles. The molecule has 0 atom stereocenters. The van der Waals surface area contributed by atoms with Crippen molar-refractivity contribution in [3.8, 4) is 11.5 Å². The molecule has 2 heterocycles. The first-order chi connectivity index (χ1) is 10.6. The minimum absolute atomic E-state index is 0.200. The Bertz CT molecular complexity index is 835. The third kappa shape index (κ3) is 2.76. The van der Waals surface area contributed by atoms with Gasteiger partial charge in [0, 0.05) is 5.39 Å². The number of pyridine rings is 1. The molecule has 0 aliphatic heterocycles. The molecule has 2 aromatic heterocycles. The van der Waals surface area contributed by atoms with Gasteiger partial charge in [0.2, 0.25) is 0 Å². The summed E-state index contributed by atoms with van der Waals surface area (Å²) in [5, 5.41) is 0.754. The molecular formula is C18H15NO3. The highest BCUT2D eigenvalue weighted by molar-refractivity contribution is 6.04. The molecule has 0 saturated heterocycles. The van der Waals surface area contributed by atoms with Gasteiger partial charge in [-0.15, -0.1) is 0 Å². The molecule has 0 bridgehead atoms. The number of esters is 1. The molecule has 3 rings (SSSR count). The number of carbonyl (C=O) groups excluding carboxylic acids is 1. The lowest BCUT2D eigenvalue weighted by molar-refractivity contribution is 0.0542. The second kappa shape index (κ2) is 5.85. The van der Waals surface area contributed by atoms with E-state index in [2.05, 4.69) is 11.6 Å². The SMILES string of the molecule is C=C(C)COC(=O)c1cc(-c2ccco2)nc2ccccc12. The molecular weight excluding hydrogens is 278 g/mol. The average Bonchev–Trinajstić information content (AvgIpc) is 3.06. The van der Waals surface area contributed by atoms with E-state index in [4.69, 9.17) is 9.15 Å². The van der Waals surface area contributed by atoms with Crippen LogP contribution in [-0.4, -0.2) is 17.6 Å². The van der Waals surface area contributed by atoms with Crippen LogP contribution in [0.1, 0.15) is 17.3 Å². The van der Waals surface area contributed by atoms with Crippen molar-refractivity contribution in [2.24, 2.45) is 0 Å². The summed E-state index contributed by atoms with van der Waals surface area (Å²) < 4.78 is 10.6. The minimum Gasteiger partial charge on any atom is -0.463 e. The van der Waals surface area contributed by atoms with Crippen LogP contribution < -0.4 is 0 Å². The Morgan fingerprint density at radius 3 is 2.82 bits per heavy atom. The fraction of sp³-hybridized carbons (Fsp3) is 0.111. The highest BCUT2D eigenvalue weighted by Gasteiger charge is 2.16. The Hall–Kier alpha value is -2.88. The first kappa shape index (κ1) is 14.1. The van der Waals surface area contributed by atoms with Gasteiger partial charge in [0.05, 0.1) is 17.3 Å². The quantitative estimate of drug-likeness (QED) is 0.533. The van der Waals surface area contributed by atoms with Gasteiger partial charge in [-0.25, -0.2) is 9.78 Å². The van der Waals surface area contributed by atoms with Crippen LogP contribution in [0.2, 0.25) is 0 Å². The summed E-state index contributed by atoms with van der Waals surface area (Å²) in [6, 6.07) is 12.7. The van der Waals surface area contributed by atoms with Crippen molar-refractivity contribution in [2.75, 3.05) is 6.61 Å². The molecule has 0 radical (unpaired) electrons. The third-order valence-corrected chi connectivity index (χ3v) is 3.16. The van der Waals surface area contributed by atoms with Crippen molar-refractivity contribution < 1.29 is 13.9 Å². The number of hydrogen-bond donors (Lipinski definition) is 0. The van der Waals surface area contributed by atoms with Crippen LogP contribution in [0.15, 0.2) is 65.3 Å². The molecule has 1 aromatic carbocycles. The van der Waals surface area contributed by atoms with Crippen molar-refractivity contribution in [3.63, 3.8) is 0 Å². The molecule has 0 amide bonds. The monoisotopic (exact) mass is 293 g/mol. The zero-order chi connectivity index (χ0) is 15.5. The zero-order valence-corrected chi connectivity index (χ0v) is 12.2. The topological polar surface area (TPSA) is 52.3 Å². The first-order valence-corrected chi connectivity index (χ1v) is 6.90. The largest absolute Gasteiger partial charge is 0.463 e. The molecule has 110 valence electrons. The summed E-state index contributed by atoms with van der Waals surface area (Å²) in [7, 11) is 0. The Labute approximate surface area is 128 Å². The predicted molar refractivity (Wildman–Crippen MR) is 84.5 cm³/mol. The molecule has 0 fully saturated rings. The van der Waals surface area contributed by atoms with Crippen molar-refractivity contribution in [2.45, 2.75) is 6.92 Å². The maximum atomic E-state index is 12.4. The van der Waals surface area contributed by atoms with Crippen LogP contribution in [0.5, 0.6) is 0 Å². The second-order valence-electron chi connectivity index (χ2n) is 5.08. The van der Waals surface area contributed by atoms with Crippen LogP contribution in [0.25, 0.3) is 22.4 Å². The van der Waals surface area contributed by atoms with E-state index in [0.29, 0.717) is 17.0 Å². The highest BCUT2D eigenvalue weighted by atomic mass is 16.5. The van der Waals surface area contributed by atoms with E-state index in [1.807, 2.05) is 31.2 Å². The van der Waals surface area contributed by atoms with Crippen molar-refractivity contribution >= 4 is 16.9 Å². The van der Waals surface area contributed by atoms with Crippen LogP contribution in [0.4, 0.5) is 0 Å². The van der Waals surface area contributed by atoms with Gasteiger partial charge in [0.15, 0.2) is 5.76 Å². The Kier molecular flexibility index (Phi) is 3.74. The summed E-state index contributed by atoms with van der Waals surface area (Å²) in [6.45, 7) is 5.75. The molecule has 22 heavy (non-hydrogen) atoms. The predicted octanol–water partition coefficient (Wildman–Crippen LogP) is 4.23. The molecule has 0 N–H and O–H groups in total. The molecule has 0 saturated carbocycles. The van der Waals surface area contributed by atoms with Crippen LogP contribution >= 0.6 is 0 Å². The van der Waals surface area contributed by atoms with E-state index in [-0.39, 0.29) is 6.61 Å². The maximum absolute atomic E-state index is 12.4. The molecule has 0 spiro atoms. The summed E-state index contributed by atoms with van der Waals surface area (Å²) in [5.74, 6) is 0.217. The summed E-state index contributed by atoms with van der Waals surface area (Å²) >= 11 is 0. The Morgan fingerprint density at radius 2 is 2.09 bits per heavy atom. The standard InChI is InChI=1S/C18H15NO3/c1-12(2)11-22-18(20)14-10-16(17-8-5-9-21-17)19-15-7-4-3-6-13(14)15/h3-10H,1,11H2,2H3. The highest BCUT2D eigenvalue weighted by Crippen LogP contribution is 2.25. The van der Waals surface area contributed by atoms with E-state index in [1.54, 1.807) is 24.5 Å². The van der Waals surface area contributed by atoms with E-state index in [9.17, 15) is 4.79 Å². The minimum atomic E-state index is -0.394. The summed E-state index contributed by atoms with van der Waals surface area (Å²) in [4.78, 5) is 16.9. The van der Waals surface area contributed by atoms with Gasteiger partial charge in [-0.3, -0.25) is 0 Å². The number of carbonyl (C=O) groups is 1. The number of benzene rings is 1. The maximum Gasteiger partial charge on any atom is 0.339 e. The Morgan fingerprint density at radius 1 is 1.27 bits per heavy atom. The second-order valence-corrected chi connectivity index (χ2v) is 5.08. The van der Waals surface area contributed by atoms with Crippen LogP contribution in [0.3, 0.4) is 0 Å². The van der Waals surface area contributed by atoms with E-state index in [1.165, 1.54) is 0 Å².